The Morgan fingerprint density at radius 1 is 1.71 bits per heavy atom. The lowest BCUT2D eigenvalue weighted by molar-refractivity contribution is -0.0415. The number of anilines is 1. The normalized spacial score (nSPS) is 23.9. The zero-order valence-corrected chi connectivity index (χ0v) is 9.25. The van der Waals surface area contributed by atoms with Crippen molar-refractivity contribution >= 4 is 5.82 Å². The first-order valence-electron chi connectivity index (χ1n) is 5.03. The van der Waals surface area contributed by atoms with Crippen molar-refractivity contribution in [3.8, 4) is 0 Å². The van der Waals surface area contributed by atoms with Crippen molar-refractivity contribution in [3.63, 3.8) is 0 Å². The topological polar surface area (TPSA) is 111 Å². The van der Waals surface area contributed by atoms with E-state index in [1.807, 2.05) is 0 Å². The van der Waals surface area contributed by atoms with E-state index in [-0.39, 0.29) is 23.8 Å². The van der Waals surface area contributed by atoms with Crippen LogP contribution in [-0.4, -0.2) is 26.4 Å². The third-order valence-corrected chi connectivity index (χ3v) is 2.64. The minimum atomic E-state index is -1.08. The smallest absolute Gasteiger partial charge is 0.352 e. The third-order valence-electron chi connectivity index (χ3n) is 2.64. The molecule has 2 rings (SSSR count). The number of nitrogens with zero attached hydrogens (tertiary/aromatic N) is 2. The summed E-state index contributed by atoms with van der Waals surface area (Å²) in [7, 11) is 0. The van der Waals surface area contributed by atoms with Crippen LogP contribution >= 0.6 is 0 Å². The molecule has 17 heavy (non-hydrogen) atoms. The van der Waals surface area contributed by atoms with Gasteiger partial charge in [-0.15, -0.1) is 0 Å². The number of ether oxygens (including phenoxy) is 1. The van der Waals surface area contributed by atoms with Gasteiger partial charge >= 0.3 is 5.69 Å². The molecule has 92 valence electrons. The first-order chi connectivity index (χ1) is 7.96. The molecule has 0 bridgehead atoms. The zero-order chi connectivity index (χ0) is 12.6. The molecule has 1 aromatic heterocycles. The maximum absolute atomic E-state index is 11.7. The van der Waals surface area contributed by atoms with Gasteiger partial charge in [-0.25, -0.2) is 4.79 Å². The van der Waals surface area contributed by atoms with Crippen LogP contribution < -0.4 is 11.4 Å². The maximum Gasteiger partial charge on any atom is 0.352 e. The van der Waals surface area contributed by atoms with Gasteiger partial charge in [0.05, 0.1) is 6.42 Å². The fourth-order valence-electron chi connectivity index (χ4n) is 1.80. The molecule has 1 aliphatic heterocycles. The Bertz CT molecular complexity index is 537. The van der Waals surface area contributed by atoms with Crippen molar-refractivity contribution in [1.82, 2.24) is 9.55 Å². The molecule has 2 heterocycles. The number of aliphatic hydroxyl groups excluding tert-OH is 2. The summed E-state index contributed by atoms with van der Waals surface area (Å²) >= 11 is 0. The Balaban J connectivity index is 2.40. The molecule has 0 radical (unpaired) electrons. The molecule has 7 nitrogen and oxygen atoms in total. The van der Waals surface area contributed by atoms with Gasteiger partial charge in [0.25, 0.3) is 0 Å². The highest BCUT2D eigenvalue weighted by Gasteiger charge is 2.39. The van der Waals surface area contributed by atoms with Crippen molar-refractivity contribution in [2.75, 3.05) is 12.3 Å². The summed E-state index contributed by atoms with van der Waals surface area (Å²) in [6.07, 6.45) is 1.53. The molecule has 0 aromatic carbocycles. The lowest BCUT2D eigenvalue weighted by Crippen LogP contribution is -2.39. The number of aromatic nitrogens is 2. The van der Waals surface area contributed by atoms with Crippen LogP contribution in [0.15, 0.2) is 28.6 Å². The fourth-order valence-corrected chi connectivity index (χ4v) is 1.80. The molecular formula is C10H13N3O4. The third kappa shape index (κ3) is 1.84. The Morgan fingerprint density at radius 2 is 2.41 bits per heavy atom. The predicted molar refractivity (Wildman–Crippen MR) is 59.0 cm³/mol. The molecule has 0 spiro atoms. The highest BCUT2D eigenvalue weighted by Crippen LogP contribution is 2.35. The molecule has 1 aromatic rings. The summed E-state index contributed by atoms with van der Waals surface area (Å²) in [5, 5.41) is 18.5. The van der Waals surface area contributed by atoms with Gasteiger partial charge in [-0.05, 0) is 13.0 Å². The lowest BCUT2D eigenvalue weighted by atomic mass is 10.1. The van der Waals surface area contributed by atoms with Gasteiger partial charge in [0.2, 0.25) is 0 Å². The summed E-state index contributed by atoms with van der Waals surface area (Å²) in [5.41, 5.74) is 3.73. The van der Waals surface area contributed by atoms with E-state index in [0.29, 0.717) is 0 Å². The molecule has 0 aliphatic carbocycles. The highest BCUT2D eigenvalue weighted by molar-refractivity contribution is 5.24. The predicted octanol–water partition coefficient (Wildman–Crippen LogP) is -0.320. The first kappa shape index (κ1) is 11.5. The minimum absolute atomic E-state index is 0.0659. The van der Waals surface area contributed by atoms with Crippen LogP contribution in [0.1, 0.15) is 13.3 Å². The average molecular weight is 239 g/mol. The minimum Gasteiger partial charge on any atom is -0.508 e. The molecule has 0 saturated carbocycles. The number of aliphatic hydroxyl groups is 2. The van der Waals surface area contributed by atoms with Gasteiger partial charge in [0.1, 0.15) is 18.2 Å². The second-order valence-corrected chi connectivity index (χ2v) is 3.99. The average Bonchev–Trinajstić information content (AvgIpc) is 2.54. The van der Waals surface area contributed by atoms with Gasteiger partial charge in [-0.2, -0.15) is 4.98 Å². The standard InChI is InChI=1S/C10H13N3O4/c1-10(4-6(15)7(5-14)17-10)13-3-2-8(11)12-9(13)16/h2-3,14-15H,4-5H2,1H3,(H2,11,12,16). The second kappa shape index (κ2) is 3.77. The van der Waals surface area contributed by atoms with Gasteiger partial charge in [-0.1, -0.05) is 0 Å². The highest BCUT2D eigenvalue weighted by atomic mass is 16.5. The van der Waals surface area contributed by atoms with E-state index >= 15 is 0 Å². The van der Waals surface area contributed by atoms with E-state index in [4.69, 9.17) is 15.6 Å². The van der Waals surface area contributed by atoms with Crippen LogP contribution in [0.5, 0.6) is 0 Å². The number of nitrogens with two attached hydrogens (primary N) is 1. The van der Waals surface area contributed by atoms with Crippen LogP contribution in [-0.2, 0) is 10.5 Å². The van der Waals surface area contributed by atoms with E-state index in [1.165, 1.54) is 16.8 Å². The van der Waals surface area contributed by atoms with Gasteiger partial charge in [0.15, 0.2) is 11.5 Å². The zero-order valence-electron chi connectivity index (χ0n) is 9.25. The Morgan fingerprint density at radius 3 is 2.94 bits per heavy atom. The maximum atomic E-state index is 11.7. The lowest BCUT2D eigenvalue weighted by Gasteiger charge is -2.26. The van der Waals surface area contributed by atoms with Gasteiger partial charge in [0, 0.05) is 6.20 Å². The van der Waals surface area contributed by atoms with E-state index in [0.717, 1.165) is 0 Å². The van der Waals surface area contributed by atoms with Crippen LogP contribution in [0.4, 0.5) is 5.82 Å². The van der Waals surface area contributed by atoms with Crippen LogP contribution in [0, 0.1) is 0 Å². The molecular weight excluding hydrogens is 226 g/mol. The van der Waals surface area contributed by atoms with Crippen molar-refractivity contribution < 1.29 is 14.9 Å². The first-order valence-corrected chi connectivity index (χ1v) is 5.03. The second-order valence-electron chi connectivity index (χ2n) is 3.99. The quantitative estimate of drug-likeness (QED) is 0.652. The van der Waals surface area contributed by atoms with E-state index in [9.17, 15) is 9.90 Å². The number of nitrogen functional groups attached to an aromatic ring is 1. The fraction of sp³-hybridized carbons (Fsp3) is 0.400. The van der Waals surface area contributed by atoms with Crippen molar-refractivity contribution in [2.24, 2.45) is 0 Å². The molecule has 0 saturated heterocycles. The Hall–Kier alpha value is -2.02. The van der Waals surface area contributed by atoms with Crippen molar-refractivity contribution in [3.05, 3.63) is 34.3 Å². The summed E-state index contributed by atoms with van der Waals surface area (Å²) in [5.74, 6) is 0.113. The van der Waals surface area contributed by atoms with E-state index < -0.39 is 18.0 Å². The monoisotopic (exact) mass is 239 g/mol. The van der Waals surface area contributed by atoms with E-state index in [1.54, 1.807) is 6.92 Å². The van der Waals surface area contributed by atoms with Crippen molar-refractivity contribution in [2.45, 2.75) is 19.1 Å². The molecule has 1 unspecified atom stereocenters. The molecule has 0 fully saturated rings. The van der Waals surface area contributed by atoms with Gasteiger partial charge < -0.3 is 20.7 Å². The van der Waals surface area contributed by atoms with Gasteiger partial charge in [-0.3, -0.25) is 4.57 Å². The molecule has 0 amide bonds. The van der Waals surface area contributed by atoms with Crippen LogP contribution in [0.2, 0.25) is 0 Å². The summed E-state index contributed by atoms with van der Waals surface area (Å²) in [6, 6.07) is 1.46. The Kier molecular flexibility index (Phi) is 2.55. The largest absolute Gasteiger partial charge is 0.508 e. The molecule has 1 aliphatic rings. The SMILES string of the molecule is CC1(n2ccc(N)nc2=O)CC(O)=C(CO)O1. The number of hydrogen-bond donors (Lipinski definition) is 3. The summed E-state index contributed by atoms with van der Waals surface area (Å²) in [6.45, 7) is 1.20. The van der Waals surface area contributed by atoms with Crippen LogP contribution in [0.25, 0.3) is 0 Å². The molecule has 7 heteroatoms. The van der Waals surface area contributed by atoms with E-state index in [2.05, 4.69) is 4.98 Å². The molecule has 4 N–H and O–H groups in total. The molecule has 1 atom stereocenters. The summed E-state index contributed by atoms with van der Waals surface area (Å²) < 4.78 is 6.60. The summed E-state index contributed by atoms with van der Waals surface area (Å²) in [4.78, 5) is 15.2. The Labute approximate surface area is 96.8 Å². The van der Waals surface area contributed by atoms with Crippen LogP contribution in [0.3, 0.4) is 0 Å². The number of rotatable bonds is 2. The number of hydrogen-bond acceptors (Lipinski definition) is 6. The van der Waals surface area contributed by atoms with Crippen molar-refractivity contribution in [1.29, 1.82) is 0 Å².